The smallest absolute Gasteiger partial charge is 0.227 e. The lowest BCUT2D eigenvalue weighted by Gasteiger charge is -2.35. The predicted octanol–water partition coefficient (Wildman–Crippen LogP) is 1.66. The van der Waals surface area contributed by atoms with E-state index in [1.165, 1.54) is 0 Å². The molecule has 1 aromatic rings. The molecule has 1 saturated heterocycles. The molecule has 5 nitrogen and oxygen atoms in total. The zero-order valence-electron chi connectivity index (χ0n) is 14.1. The Morgan fingerprint density at radius 1 is 1.12 bits per heavy atom. The zero-order valence-corrected chi connectivity index (χ0v) is 14.1. The van der Waals surface area contributed by atoms with Gasteiger partial charge in [-0.15, -0.1) is 0 Å². The lowest BCUT2D eigenvalue weighted by Crippen LogP contribution is -2.47. The summed E-state index contributed by atoms with van der Waals surface area (Å²) in [6.07, 6.45) is 3.70. The monoisotopic (exact) mass is 330 g/mol. The van der Waals surface area contributed by atoms with E-state index in [2.05, 4.69) is 0 Å². The number of piperidine rings is 1. The summed E-state index contributed by atoms with van der Waals surface area (Å²) in [4.78, 5) is 28.8. The fourth-order valence-electron chi connectivity index (χ4n) is 3.42. The number of amides is 2. The van der Waals surface area contributed by atoms with E-state index in [1.807, 2.05) is 35.2 Å². The second kappa shape index (κ2) is 7.79. The Labute approximate surface area is 143 Å². The van der Waals surface area contributed by atoms with Crippen LogP contribution in [0.15, 0.2) is 30.3 Å². The Hall–Kier alpha value is -1.88. The van der Waals surface area contributed by atoms with Crippen LogP contribution < -0.4 is 0 Å². The highest BCUT2D eigenvalue weighted by Crippen LogP contribution is 2.32. The van der Waals surface area contributed by atoms with Gasteiger partial charge in [0.1, 0.15) is 0 Å². The predicted molar refractivity (Wildman–Crippen MR) is 91.0 cm³/mol. The minimum Gasteiger partial charge on any atom is -0.395 e. The molecule has 0 radical (unpaired) electrons. The largest absolute Gasteiger partial charge is 0.395 e. The first-order valence-corrected chi connectivity index (χ1v) is 8.91. The molecule has 3 rings (SSSR count). The second-order valence-corrected chi connectivity index (χ2v) is 6.87. The molecule has 1 heterocycles. The third-order valence-electron chi connectivity index (χ3n) is 4.91. The Morgan fingerprint density at radius 2 is 1.88 bits per heavy atom. The van der Waals surface area contributed by atoms with Crippen molar-refractivity contribution in [3.05, 3.63) is 35.9 Å². The first kappa shape index (κ1) is 17.0. The van der Waals surface area contributed by atoms with E-state index in [-0.39, 0.29) is 30.3 Å². The summed E-state index contributed by atoms with van der Waals surface area (Å²) in [5.41, 5.74) is 1.06. The molecule has 1 saturated carbocycles. The summed E-state index contributed by atoms with van der Waals surface area (Å²) >= 11 is 0. The second-order valence-electron chi connectivity index (χ2n) is 6.87. The molecule has 130 valence electrons. The van der Waals surface area contributed by atoms with Crippen molar-refractivity contribution in [3.63, 3.8) is 0 Å². The van der Waals surface area contributed by atoms with Crippen molar-refractivity contribution in [2.24, 2.45) is 11.8 Å². The van der Waals surface area contributed by atoms with Crippen LogP contribution in [0.4, 0.5) is 0 Å². The zero-order chi connectivity index (χ0) is 16.9. The van der Waals surface area contributed by atoms with E-state index in [0.29, 0.717) is 19.6 Å². The molecule has 1 atom stereocenters. The molecule has 1 unspecified atom stereocenters. The van der Waals surface area contributed by atoms with Crippen LogP contribution >= 0.6 is 0 Å². The van der Waals surface area contributed by atoms with Crippen molar-refractivity contribution >= 4 is 11.8 Å². The number of nitrogens with zero attached hydrogens (tertiary/aromatic N) is 2. The summed E-state index contributed by atoms with van der Waals surface area (Å²) in [7, 11) is 0. The van der Waals surface area contributed by atoms with Gasteiger partial charge in [-0.3, -0.25) is 9.59 Å². The van der Waals surface area contributed by atoms with Crippen LogP contribution in [0.3, 0.4) is 0 Å². The fourth-order valence-corrected chi connectivity index (χ4v) is 3.42. The molecule has 2 fully saturated rings. The number of carbonyl (C=O) groups is 2. The minimum atomic E-state index is -0.142. The highest BCUT2D eigenvalue weighted by molar-refractivity contribution is 5.83. The molecular formula is C19H26N2O3. The SMILES string of the molecule is O=C(C1CCCN(C(=O)C2CC2)C1)N(CCO)Cc1ccccc1. The van der Waals surface area contributed by atoms with Crippen LogP contribution in [-0.4, -0.2) is 53.0 Å². The van der Waals surface area contributed by atoms with E-state index in [1.54, 1.807) is 4.90 Å². The quantitative estimate of drug-likeness (QED) is 0.863. The number of aliphatic hydroxyl groups excluding tert-OH is 1. The van der Waals surface area contributed by atoms with E-state index >= 15 is 0 Å². The summed E-state index contributed by atoms with van der Waals surface area (Å²) < 4.78 is 0. The maximum atomic E-state index is 12.9. The molecule has 24 heavy (non-hydrogen) atoms. The number of likely N-dealkylation sites (tertiary alicyclic amines) is 1. The molecule has 0 spiro atoms. The van der Waals surface area contributed by atoms with Crippen LogP contribution in [0.25, 0.3) is 0 Å². The topological polar surface area (TPSA) is 60.9 Å². The van der Waals surface area contributed by atoms with Crippen molar-refractivity contribution in [3.8, 4) is 0 Å². The summed E-state index contributed by atoms with van der Waals surface area (Å²) in [6, 6.07) is 9.83. The first-order chi connectivity index (χ1) is 11.7. The van der Waals surface area contributed by atoms with Gasteiger partial charge in [-0.05, 0) is 31.2 Å². The van der Waals surface area contributed by atoms with Gasteiger partial charge in [0.05, 0.1) is 12.5 Å². The van der Waals surface area contributed by atoms with Gasteiger partial charge in [-0.2, -0.15) is 0 Å². The standard InChI is InChI=1S/C19H26N2O3/c22-12-11-21(13-15-5-2-1-3-6-15)19(24)17-7-4-10-20(14-17)18(23)16-8-9-16/h1-3,5-6,16-17,22H,4,7-14H2. The maximum Gasteiger partial charge on any atom is 0.227 e. The van der Waals surface area contributed by atoms with E-state index < -0.39 is 0 Å². The van der Waals surface area contributed by atoms with Gasteiger partial charge >= 0.3 is 0 Å². The van der Waals surface area contributed by atoms with Crippen molar-refractivity contribution in [1.29, 1.82) is 0 Å². The number of hydrogen-bond donors (Lipinski definition) is 1. The maximum absolute atomic E-state index is 12.9. The average molecular weight is 330 g/mol. The Balaban J connectivity index is 1.63. The highest BCUT2D eigenvalue weighted by Gasteiger charge is 2.37. The summed E-state index contributed by atoms with van der Waals surface area (Å²) in [5, 5.41) is 9.32. The minimum absolute atomic E-state index is 0.0456. The molecule has 2 aliphatic rings. The number of carbonyl (C=O) groups excluding carboxylic acids is 2. The van der Waals surface area contributed by atoms with Crippen molar-refractivity contribution in [2.45, 2.75) is 32.2 Å². The lowest BCUT2D eigenvalue weighted by atomic mass is 9.95. The molecule has 1 aliphatic heterocycles. The number of benzene rings is 1. The van der Waals surface area contributed by atoms with Gasteiger partial charge in [0.15, 0.2) is 0 Å². The van der Waals surface area contributed by atoms with Crippen LogP contribution in [0.2, 0.25) is 0 Å². The van der Waals surface area contributed by atoms with Gasteiger partial charge in [0.25, 0.3) is 0 Å². The molecule has 1 aromatic carbocycles. The van der Waals surface area contributed by atoms with Crippen LogP contribution in [0.1, 0.15) is 31.2 Å². The fraction of sp³-hybridized carbons (Fsp3) is 0.579. The molecule has 1 aliphatic carbocycles. The summed E-state index contributed by atoms with van der Waals surface area (Å²) in [6.45, 7) is 2.10. The molecule has 1 N–H and O–H groups in total. The van der Waals surface area contributed by atoms with Crippen molar-refractivity contribution in [1.82, 2.24) is 9.80 Å². The number of rotatable bonds is 6. The van der Waals surface area contributed by atoms with Crippen LogP contribution in [0, 0.1) is 11.8 Å². The molecule has 0 bridgehead atoms. The van der Waals surface area contributed by atoms with Crippen LogP contribution in [-0.2, 0) is 16.1 Å². The Kier molecular flexibility index (Phi) is 5.51. The lowest BCUT2D eigenvalue weighted by molar-refractivity contribution is -0.142. The van der Waals surface area contributed by atoms with Gasteiger partial charge in [0.2, 0.25) is 11.8 Å². The third kappa shape index (κ3) is 4.15. The normalized spacial score (nSPS) is 20.7. The molecule has 0 aromatic heterocycles. The number of hydrogen-bond acceptors (Lipinski definition) is 3. The van der Waals surface area contributed by atoms with Crippen LogP contribution in [0.5, 0.6) is 0 Å². The first-order valence-electron chi connectivity index (χ1n) is 8.91. The summed E-state index contributed by atoms with van der Waals surface area (Å²) in [5.74, 6) is 0.346. The Bertz CT molecular complexity index is 571. The van der Waals surface area contributed by atoms with Gasteiger partial charge in [-0.1, -0.05) is 30.3 Å². The van der Waals surface area contributed by atoms with E-state index in [0.717, 1.165) is 37.8 Å². The van der Waals surface area contributed by atoms with Gasteiger partial charge < -0.3 is 14.9 Å². The third-order valence-corrected chi connectivity index (χ3v) is 4.91. The molecular weight excluding hydrogens is 304 g/mol. The van der Waals surface area contributed by atoms with Crippen molar-refractivity contribution in [2.75, 3.05) is 26.2 Å². The van der Waals surface area contributed by atoms with Gasteiger partial charge in [-0.25, -0.2) is 0 Å². The van der Waals surface area contributed by atoms with Gasteiger partial charge in [0, 0.05) is 32.1 Å². The van der Waals surface area contributed by atoms with E-state index in [9.17, 15) is 14.7 Å². The average Bonchev–Trinajstić information content (AvgIpc) is 3.46. The van der Waals surface area contributed by atoms with E-state index in [4.69, 9.17) is 0 Å². The Morgan fingerprint density at radius 3 is 2.54 bits per heavy atom. The highest BCUT2D eigenvalue weighted by atomic mass is 16.3. The van der Waals surface area contributed by atoms with Crippen molar-refractivity contribution < 1.29 is 14.7 Å². The molecule has 5 heteroatoms. The molecule has 2 amide bonds. The number of aliphatic hydroxyl groups is 1.